The second-order valence-corrected chi connectivity index (χ2v) is 7.53. The molecule has 138 valence electrons. The predicted molar refractivity (Wildman–Crippen MR) is 96.6 cm³/mol. The molecule has 0 saturated carbocycles. The van der Waals surface area contributed by atoms with Gasteiger partial charge in [-0.15, -0.1) is 0 Å². The second-order valence-electron chi connectivity index (χ2n) is 7.53. The molecule has 0 bridgehead atoms. The highest BCUT2D eigenvalue weighted by atomic mass is 16.5. The molecule has 0 saturated heterocycles. The highest BCUT2D eigenvalue weighted by Gasteiger charge is 2.26. The van der Waals surface area contributed by atoms with Gasteiger partial charge in [0.15, 0.2) is 0 Å². The molecular weight excluding hydrogens is 306 g/mol. The fraction of sp³-hybridized carbons (Fsp3) is 0.684. The first kappa shape index (κ1) is 20.9. The van der Waals surface area contributed by atoms with Crippen LogP contribution in [-0.2, 0) is 5.41 Å². The summed E-state index contributed by atoms with van der Waals surface area (Å²) in [5, 5.41) is 31.9. The summed E-state index contributed by atoms with van der Waals surface area (Å²) in [7, 11) is 0. The van der Waals surface area contributed by atoms with E-state index in [0.717, 1.165) is 11.3 Å². The monoisotopic (exact) mass is 339 g/mol. The average Bonchev–Trinajstić information content (AvgIpc) is 2.54. The quantitative estimate of drug-likeness (QED) is 0.551. The van der Waals surface area contributed by atoms with E-state index in [1.807, 2.05) is 26.0 Å². The molecule has 0 fully saturated rings. The van der Waals surface area contributed by atoms with Gasteiger partial charge in [0.25, 0.3) is 0 Å². The SMILES string of the molecule is CCC(CO)(CO)NC[C@H](O)COc1ccc(C(C)(C)C)cc1C. The maximum absolute atomic E-state index is 10.1. The van der Waals surface area contributed by atoms with Crippen LogP contribution in [0.25, 0.3) is 0 Å². The van der Waals surface area contributed by atoms with Gasteiger partial charge in [0, 0.05) is 6.54 Å². The van der Waals surface area contributed by atoms with E-state index >= 15 is 0 Å². The van der Waals surface area contributed by atoms with Crippen molar-refractivity contribution in [1.29, 1.82) is 0 Å². The van der Waals surface area contributed by atoms with Crippen LogP contribution in [0, 0.1) is 6.92 Å². The topological polar surface area (TPSA) is 82.0 Å². The van der Waals surface area contributed by atoms with Gasteiger partial charge in [-0.2, -0.15) is 0 Å². The third-order valence-corrected chi connectivity index (χ3v) is 4.47. The molecule has 5 heteroatoms. The molecule has 0 amide bonds. The Bertz CT molecular complexity index is 498. The summed E-state index contributed by atoms with van der Waals surface area (Å²) < 4.78 is 5.72. The molecular formula is C19H33NO4. The van der Waals surface area contributed by atoms with Crippen LogP contribution >= 0.6 is 0 Å². The Morgan fingerprint density at radius 3 is 2.25 bits per heavy atom. The molecule has 24 heavy (non-hydrogen) atoms. The largest absolute Gasteiger partial charge is 0.491 e. The summed E-state index contributed by atoms with van der Waals surface area (Å²) in [6, 6.07) is 6.10. The van der Waals surface area contributed by atoms with Gasteiger partial charge >= 0.3 is 0 Å². The zero-order valence-electron chi connectivity index (χ0n) is 15.6. The summed E-state index contributed by atoms with van der Waals surface area (Å²) in [6.07, 6.45) is -0.156. The third-order valence-electron chi connectivity index (χ3n) is 4.47. The van der Waals surface area contributed by atoms with Gasteiger partial charge in [0.2, 0.25) is 0 Å². The zero-order valence-corrected chi connectivity index (χ0v) is 15.6. The minimum absolute atomic E-state index is 0.0881. The van der Waals surface area contributed by atoms with Crippen molar-refractivity contribution in [2.45, 2.75) is 58.1 Å². The number of aliphatic hydroxyl groups is 3. The van der Waals surface area contributed by atoms with Crippen molar-refractivity contribution in [3.63, 3.8) is 0 Å². The first-order valence-corrected chi connectivity index (χ1v) is 8.56. The van der Waals surface area contributed by atoms with Gasteiger partial charge in [-0.25, -0.2) is 0 Å². The number of hydrogen-bond donors (Lipinski definition) is 4. The molecule has 0 aliphatic heterocycles. The Hall–Kier alpha value is -1.14. The summed E-state index contributed by atoms with van der Waals surface area (Å²) in [4.78, 5) is 0. The van der Waals surface area contributed by atoms with Crippen molar-refractivity contribution in [2.24, 2.45) is 0 Å². The maximum atomic E-state index is 10.1. The minimum Gasteiger partial charge on any atom is -0.491 e. The van der Waals surface area contributed by atoms with Crippen molar-refractivity contribution < 1.29 is 20.1 Å². The molecule has 0 aromatic heterocycles. The molecule has 0 spiro atoms. The number of β-amino-alcohol motifs (C(OH)–C–C–N with tert-alkyl or cyclic N) is 1. The van der Waals surface area contributed by atoms with E-state index in [4.69, 9.17) is 4.74 Å². The Kier molecular flexibility index (Phi) is 7.67. The van der Waals surface area contributed by atoms with Gasteiger partial charge < -0.3 is 25.4 Å². The van der Waals surface area contributed by atoms with Crippen LogP contribution in [-0.4, -0.2) is 53.3 Å². The van der Waals surface area contributed by atoms with Gasteiger partial charge in [0.1, 0.15) is 18.5 Å². The van der Waals surface area contributed by atoms with E-state index in [1.54, 1.807) is 0 Å². The Labute approximate surface area is 145 Å². The first-order valence-electron chi connectivity index (χ1n) is 8.56. The predicted octanol–water partition coefficient (Wildman–Crippen LogP) is 1.76. The molecule has 1 aromatic carbocycles. The van der Waals surface area contributed by atoms with E-state index in [2.05, 4.69) is 32.2 Å². The van der Waals surface area contributed by atoms with Crippen molar-refractivity contribution in [3.8, 4) is 5.75 Å². The molecule has 0 aliphatic rings. The fourth-order valence-electron chi connectivity index (χ4n) is 2.37. The van der Waals surface area contributed by atoms with Crippen LogP contribution < -0.4 is 10.1 Å². The molecule has 0 heterocycles. The Morgan fingerprint density at radius 1 is 1.17 bits per heavy atom. The zero-order chi connectivity index (χ0) is 18.4. The van der Waals surface area contributed by atoms with Crippen LogP contribution in [0.3, 0.4) is 0 Å². The summed E-state index contributed by atoms with van der Waals surface area (Å²) in [5.41, 5.74) is 1.61. The summed E-state index contributed by atoms with van der Waals surface area (Å²) >= 11 is 0. The van der Waals surface area contributed by atoms with E-state index in [-0.39, 0.29) is 31.8 Å². The van der Waals surface area contributed by atoms with Crippen molar-refractivity contribution in [2.75, 3.05) is 26.4 Å². The third kappa shape index (κ3) is 5.74. The number of hydrogen-bond acceptors (Lipinski definition) is 5. The standard InChI is InChI=1S/C19H33NO4/c1-6-19(12-21,13-22)20-10-16(23)11-24-17-8-7-15(9-14(17)2)18(3,4)5/h7-9,16,20-23H,6,10-13H2,1-5H3/t16-/m0/s1. The smallest absolute Gasteiger partial charge is 0.122 e. The van der Waals surface area contributed by atoms with E-state index < -0.39 is 11.6 Å². The van der Waals surface area contributed by atoms with Crippen molar-refractivity contribution in [3.05, 3.63) is 29.3 Å². The average molecular weight is 339 g/mol. The molecule has 1 rings (SSSR count). The van der Waals surface area contributed by atoms with Gasteiger partial charge in [-0.1, -0.05) is 39.8 Å². The number of nitrogens with one attached hydrogen (secondary N) is 1. The Balaban J connectivity index is 2.57. The molecule has 0 unspecified atom stereocenters. The minimum atomic E-state index is -0.759. The van der Waals surface area contributed by atoms with Crippen molar-refractivity contribution >= 4 is 0 Å². The lowest BCUT2D eigenvalue weighted by molar-refractivity contribution is 0.0567. The van der Waals surface area contributed by atoms with E-state index in [1.165, 1.54) is 5.56 Å². The summed E-state index contributed by atoms with van der Waals surface area (Å²) in [5.74, 6) is 0.758. The highest BCUT2D eigenvalue weighted by molar-refractivity contribution is 5.38. The van der Waals surface area contributed by atoms with Crippen LogP contribution in [0.5, 0.6) is 5.75 Å². The Morgan fingerprint density at radius 2 is 1.79 bits per heavy atom. The number of aliphatic hydroxyl groups excluding tert-OH is 3. The fourth-order valence-corrected chi connectivity index (χ4v) is 2.37. The van der Waals surface area contributed by atoms with Gasteiger partial charge in [-0.05, 0) is 36.0 Å². The lowest BCUT2D eigenvalue weighted by Crippen LogP contribution is -2.54. The number of aryl methyl sites for hydroxylation is 1. The highest BCUT2D eigenvalue weighted by Crippen LogP contribution is 2.27. The normalized spacial score (nSPS) is 13.8. The molecule has 1 atom stereocenters. The lowest BCUT2D eigenvalue weighted by atomic mass is 9.86. The number of ether oxygens (including phenoxy) is 1. The van der Waals surface area contributed by atoms with E-state index in [9.17, 15) is 15.3 Å². The first-order chi connectivity index (χ1) is 11.2. The summed E-state index contributed by atoms with van der Waals surface area (Å²) in [6.45, 7) is 10.4. The van der Waals surface area contributed by atoms with Gasteiger partial charge in [0.05, 0.1) is 18.8 Å². The molecule has 0 radical (unpaired) electrons. The van der Waals surface area contributed by atoms with E-state index in [0.29, 0.717) is 6.42 Å². The molecule has 4 N–H and O–H groups in total. The maximum Gasteiger partial charge on any atom is 0.122 e. The number of benzene rings is 1. The number of rotatable bonds is 9. The molecule has 1 aromatic rings. The van der Waals surface area contributed by atoms with Crippen LogP contribution in [0.2, 0.25) is 0 Å². The van der Waals surface area contributed by atoms with Crippen LogP contribution in [0.15, 0.2) is 18.2 Å². The van der Waals surface area contributed by atoms with Gasteiger partial charge in [-0.3, -0.25) is 0 Å². The molecule has 5 nitrogen and oxygen atoms in total. The van der Waals surface area contributed by atoms with Crippen LogP contribution in [0.4, 0.5) is 0 Å². The molecule has 0 aliphatic carbocycles. The van der Waals surface area contributed by atoms with Crippen molar-refractivity contribution in [1.82, 2.24) is 5.32 Å². The lowest BCUT2D eigenvalue weighted by Gasteiger charge is -2.31. The second kappa shape index (κ2) is 8.81. The van der Waals surface area contributed by atoms with Crippen LogP contribution in [0.1, 0.15) is 45.2 Å².